The number of nitrogens with one attached hydrogen (secondary N) is 1. The van der Waals surface area contributed by atoms with Gasteiger partial charge in [0.25, 0.3) is 0 Å². The lowest BCUT2D eigenvalue weighted by molar-refractivity contribution is -0.130. The number of amides is 1. The molecule has 0 spiro atoms. The summed E-state index contributed by atoms with van der Waals surface area (Å²) in [6, 6.07) is 12.4. The summed E-state index contributed by atoms with van der Waals surface area (Å²) in [6.45, 7) is 1.69. The predicted molar refractivity (Wildman–Crippen MR) is 95.1 cm³/mol. The standard InChI is InChI=1S/C20H25N3O2/c1-23-19(15-7-8-15)11-16(22-23)12-21-20(24)18-13-25-10-9-17(18)14-5-3-2-4-6-14/h2-6,11,15,17-18H,7-10,12-13H2,1H3,(H,21,24)/t17-,18-/m1/s1. The van der Waals surface area contributed by atoms with Crippen LogP contribution in [0.5, 0.6) is 0 Å². The third-order valence-corrected chi connectivity index (χ3v) is 5.33. The summed E-state index contributed by atoms with van der Waals surface area (Å²) in [4.78, 5) is 12.8. The monoisotopic (exact) mass is 339 g/mol. The fraction of sp³-hybridized carbons (Fsp3) is 0.500. The van der Waals surface area contributed by atoms with E-state index in [-0.39, 0.29) is 17.7 Å². The molecule has 1 aliphatic carbocycles. The molecule has 5 heteroatoms. The molecule has 2 aliphatic rings. The Morgan fingerprint density at radius 3 is 2.84 bits per heavy atom. The number of nitrogens with zero attached hydrogens (tertiary/aromatic N) is 2. The molecule has 5 nitrogen and oxygen atoms in total. The number of carbonyl (C=O) groups excluding carboxylic acids is 1. The molecule has 1 amide bonds. The highest BCUT2D eigenvalue weighted by Crippen LogP contribution is 2.40. The van der Waals surface area contributed by atoms with Crippen LogP contribution < -0.4 is 5.32 Å². The van der Waals surface area contributed by atoms with Gasteiger partial charge < -0.3 is 10.1 Å². The van der Waals surface area contributed by atoms with Gasteiger partial charge in [-0.2, -0.15) is 5.10 Å². The van der Waals surface area contributed by atoms with Crippen LogP contribution in [-0.4, -0.2) is 28.9 Å². The Balaban J connectivity index is 1.41. The topological polar surface area (TPSA) is 56.2 Å². The quantitative estimate of drug-likeness (QED) is 0.911. The van der Waals surface area contributed by atoms with Crippen LogP contribution in [0.15, 0.2) is 36.4 Å². The van der Waals surface area contributed by atoms with E-state index in [4.69, 9.17) is 4.74 Å². The van der Waals surface area contributed by atoms with Gasteiger partial charge in [-0.25, -0.2) is 0 Å². The third kappa shape index (κ3) is 3.61. The molecule has 1 aliphatic heterocycles. The number of hydrogen-bond acceptors (Lipinski definition) is 3. The molecule has 2 heterocycles. The Hall–Kier alpha value is -2.14. The van der Waals surface area contributed by atoms with Crippen LogP contribution in [0.25, 0.3) is 0 Å². The van der Waals surface area contributed by atoms with Crippen molar-refractivity contribution in [2.24, 2.45) is 13.0 Å². The number of carbonyl (C=O) groups is 1. The van der Waals surface area contributed by atoms with Gasteiger partial charge in [-0.1, -0.05) is 30.3 Å². The zero-order chi connectivity index (χ0) is 17.2. The van der Waals surface area contributed by atoms with E-state index in [2.05, 4.69) is 28.6 Å². The molecule has 1 N–H and O–H groups in total. The fourth-order valence-corrected chi connectivity index (χ4v) is 3.80. The molecule has 2 aromatic rings. The highest BCUT2D eigenvalue weighted by Gasteiger charge is 2.33. The molecule has 132 valence electrons. The Labute approximate surface area is 148 Å². The van der Waals surface area contributed by atoms with Gasteiger partial charge in [0.05, 0.1) is 24.8 Å². The molecule has 1 aromatic carbocycles. The summed E-state index contributed by atoms with van der Waals surface area (Å²) in [5, 5.41) is 7.61. The van der Waals surface area contributed by atoms with Crippen LogP contribution >= 0.6 is 0 Å². The first kappa shape index (κ1) is 16.3. The van der Waals surface area contributed by atoms with Crippen molar-refractivity contribution in [2.45, 2.75) is 37.6 Å². The summed E-state index contributed by atoms with van der Waals surface area (Å²) in [6.07, 6.45) is 3.39. The van der Waals surface area contributed by atoms with Crippen LogP contribution in [0.2, 0.25) is 0 Å². The molecule has 0 radical (unpaired) electrons. The number of ether oxygens (including phenoxy) is 1. The lowest BCUT2D eigenvalue weighted by Gasteiger charge is -2.31. The highest BCUT2D eigenvalue weighted by atomic mass is 16.5. The van der Waals surface area contributed by atoms with Gasteiger partial charge in [-0.3, -0.25) is 9.48 Å². The number of aromatic nitrogens is 2. The molecule has 0 unspecified atom stereocenters. The summed E-state index contributed by atoms with van der Waals surface area (Å²) in [5.41, 5.74) is 3.44. The van der Waals surface area contributed by atoms with E-state index >= 15 is 0 Å². The summed E-state index contributed by atoms with van der Waals surface area (Å²) in [5.74, 6) is 0.812. The minimum Gasteiger partial charge on any atom is -0.381 e. The largest absolute Gasteiger partial charge is 0.381 e. The minimum atomic E-state index is -0.136. The maximum Gasteiger partial charge on any atom is 0.226 e. The van der Waals surface area contributed by atoms with Crippen LogP contribution in [-0.2, 0) is 23.1 Å². The van der Waals surface area contributed by atoms with Gasteiger partial charge in [-0.15, -0.1) is 0 Å². The molecule has 1 saturated carbocycles. The Bertz CT molecular complexity index is 737. The van der Waals surface area contributed by atoms with Crippen LogP contribution in [0.3, 0.4) is 0 Å². The van der Waals surface area contributed by atoms with Crippen molar-refractivity contribution < 1.29 is 9.53 Å². The summed E-state index contributed by atoms with van der Waals surface area (Å²) < 4.78 is 7.54. The molecule has 0 bridgehead atoms. The Morgan fingerprint density at radius 1 is 1.28 bits per heavy atom. The minimum absolute atomic E-state index is 0.0622. The van der Waals surface area contributed by atoms with Crippen molar-refractivity contribution in [1.82, 2.24) is 15.1 Å². The number of aryl methyl sites for hydroxylation is 1. The van der Waals surface area contributed by atoms with E-state index in [1.54, 1.807) is 0 Å². The molecule has 2 atom stereocenters. The fourth-order valence-electron chi connectivity index (χ4n) is 3.80. The first-order valence-electron chi connectivity index (χ1n) is 9.15. The maximum atomic E-state index is 12.8. The summed E-state index contributed by atoms with van der Waals surface area (Å²) >= 11 is 0. The third-order valence-electron chi connectivity index (χ3n) is 5.33. The maximum absolute atomic E-state index is 12.8. The molecular formula is C20H25N3O2. The lowest BCUT2D eigenvalue weighted by Crippen LogP contribution is -2.39. The van der Waals surface area contributed by atoms with Gasteiger partial charge in [0.15, 0.2) is 0 Å². The van der Waals surface area contributed by atoms with Crippen LogP contribution in [0, 0.1) is 5.92 Å². The van der Waals surface area contributed by atoms with E-state index < -0.39 is 0 Å². The zero-order valence-corrected chi connectivity index (χ0v) is 14.6. The molecule has 4 rings (SSSR count). The second-order valence-electron chi connectivity index (χ2n) is 7.16. The number of hydrogen-bond donors (Lipinski definition) is 1. The lowest BCUT2D eigenvalue weighted by atomic mass is 9.82. The van der Waals surface area contributed by atoms with Crippen molar-refractivity contribution >= 4 is 5.91 Å². The Morgan fingerprint density at radius 2 is 2.08 bits per heavy atom. The zero-order valence-electron chi connectivity index (χ0n) is 14.6. The highest BCUT2D eigenvalue weighted by molar-refractivity contribution is 5.80. The van der Waals surface area contributed by atoms with Crippen molar-refractivity contribution in [3.05, 3.63) is 53.3 Å². The van der Waals surface area contributed by atoms with Gasteiger partial charge in [0.1, 0.15) is 0 Å². The van der Waals surface area contributed by atoms with Crippen LogP contribution in [0.4, 0.5) is 0 Å². The van der Waals surface area contributed by atoms with Gasteiger partial charge in [-0.05, 0) is 36.8 Å². The van der Waals surface area contributed by atoms with Crippen molar-refractivity contribution in [2.75, 3.05) is 13.2 Å². The molecular weight excluding hydrogens is 314 g/mol. The van der Waals surface area contributed by atoms with Gasteiger partial charge in [0, 0.05) is 25.3 Å². The van der Waals surface area contributed by atoms with E-state index in [9.17, 15) is 4.79 Å². The normalized spacial score (nSPS) is 23.4. The van der Waals surface area contributed by atoms with E-state index in [0.29, 0.717) is 25.7 Å². The molecule has 1 aromatic heterocycles. The average molecular weight is 339 g/mol. The summed E-state index contributed by atoms with van der Waals surface area (Å²) in [7, 11) is 1.99. The second-order valence-corrected chi connectivity index (χ2v) is 7.16. The van der Waals surface area contributed by atoms with Crippen LogP contribution in [0.1, 0.15) is 48.0 Å². The van der Waals surface area contributed by atoms with Crippen molar-refractivity contribution in [1.29, 1.82) is 0 Å². The smallest absolute Gasteiger partial charge is 0.226 e. The van der Waals surface area contributed by atoms with Crippen molar-refractivity contribution in [3.8, 4) is 0 Å². The predicted octanol–water partition coefficient (Wildman–Crippen LogP) is 2.73. The first-order valence-corrected chi connectivity index (χ1v) is 9.15. The van der Waals surface area contributed by atoms with Crippen molar-refractivity contribution in [3.63, 3.8) is 0 Å². The number of benzene rings is 1. The van der Waals surface area contributed by atoms with E-state index in [1.165, 1.54) is 24.1 Å². The molecule has 1 saturated heterocycles. The number of rotatable bonds is 5. The first-order chi connectivity index (χ1) is 12.2. The van der Waals surface area contributed by atoms with Gasteiger partial charge in [0.2, 0.25) is 5.91 Å². The Kier molecular flexibility index (Phi) is 4.57. The molecule has 2 fully saturated rings. The SMILES string of the molecule is Cn1nc(CNC(=O)[C@@H]2COCC[C@@H]2c2ccccc2)cc1C1CC1. The van der Waals surface area contributed by atoms with E-state index in [0.717, 1.165) is 12.1 Å². The molecule has 25 heavy (non-hydrogen) atoms. The van der Waals surface area contributed by atoms with Gasteiger partial charge >= 0.3 is 0 Å². The average Bonchev–Trinajstić information content (AvgIpc) is 3.43. The second kappa shape index (κ2) is 7.00. The van der Waals surface area contributed by atoms with E-state index in [1.807, 2.05) is 29.9 Å².